The van der Waals surface area contributed by atoms with Gasteiger partial charge in [-0.3, -0.25) is 4.79 Å². The monoisotopic (exact) mass is 433 g/mol. The molecule has 0 aliphatic carbocycles. The molecule has 1 aliphatic rings. The molecule has 0 radical (unpaired) electrons. The van der Waals surface area contributed by atoms with Crippen molar-refractivity contribution < 1.29 is 26.4 Å². The molecule has 11 heteroatoms. The van der Waals surface area contributed by atoms with Gasteiger partial charge < -0.3 is 10.2 Å². The van der Waals surface area contributed by atoms with Gasteiger partial charge in [0.05, 0.1) is 23.5 Å². The van der Waals surface area contributed by atoms with Gasteiger partial charge in [-0.15, -0.1) is 11.3 Å². The fourth-order valence-corrected chi connectivity index (χ4v) is 4.91. The summed E-state index contributed by atoms with van der Waals surface area (Å²) in [6.45, 7) is 0.772. The van der Waals surface area contributed by atoms with Crippen molar-refractivity contribution in [2.75, 3.05) is 29.9 Å². The van der Waals surface area contributed by atoms with Gasteiger partial charge >= 0.3 is 6.18 Å². The van der Waals surface area contributed by atoms with Gasteiger partial charge in [-0.2, -0.15) is 13.2 Å². The quantitative estimate of drug-likeness (QED) is 0.733. The molecule has 1 saturated heterocycles. The van der Waals surface area contributed by atoms with Crippen LogP contribution in [-0.4, -0.2) is 34.0 Å². The molecule has 1 aromatic heterocycles. The van der Waals surface area contributed by atoms with E-state index in [1.165, 1.54) is 12.1 Å². The normalized spacial score (nSPS) is 15.0. The van der Waals surface area contributed by atoms with Gasteiger partial charge in [0.2, 0.25) is 5.91 Å². The van der Waals surface area contributed by atoms with Gasteiger partial charge in [-0.25, -0.2) is 13.1 Å². The van der Waals surface area contributed by atoms with E-state index >= 15 is 0 Å². The molecule has 0 atom stereocenters. The molecule has 0 saturated carbocycles. The van der Waals surface area contributed by atoms with Crippen LogP contribution in [0, 0.1) is 0 Å². The molecule has 1 aromatic carbocycles. The van der Waals surface area contributed by atoms with E-state index in [9.17, 15) is 26.4 Å². The molecule has 1 fully saturated rings. The minimum atomic E-state index is -4.55. The van der Waals surface area contributed by atoms with Crippen molar-refractivity contribution in [1.82, 2.24) is 4.72 Å². The SMILES string of the molecule is O=C(CNS(=O)(=O)c1cccs1)Nc1cc(C(F)(F)F)ccc1N1CCCC1. The maximum Gasteiger partial charge on any atom is 0.416 e. The highest BCUT2D eigenvalue weighted by Crippen LogP contribution is 2.36. The van der Waals surface area contributed by atoms with E-state index in [4.69, 9.17) is 0 Å². The van der Waals surface area contributed by atoms with Crippen LogP contribution in [0.3, 0.4) is 0 Å². The van der Waals surface area contributed by atoms with Crippen molar-refractivity contribution in [1.29, 1.82) is 0 Å². The van der Waals surface area contributed by atoms with E-state index in [2.05, 4.69) is 10.0 Å². The average Bonchev–Trinajstić information content (AvgIpc) is 3.33. The summed E-state index contributed by atoms with van der Waals surface area (Å²) in [5.74, 6) is -0.750. The van der Waals surface area contributed by atoms with Gasteiger partial charge in [0, 0.05) is 13.1 Å². The lowest BCUT2D eigenvalue weighted by atomic mass is 10.1. The Hall–Kier alpha value is -2.11. The lowest BCUT2D eigenvalue weighted by Gasteiger charge is -2.23. The Morgan fingerprint density at radius 2 is 1.89 bits per heavy atom. The number of rotatable bonds is 6. The Morgan fingerprint density at radius 3 is 2.50 bits per heavy atom. The summed E-state index contributed by atoms with van der Waals surface area (Å²) in [7, 11) is -3.84. The Balaban J connectivity index is 1.76. The van der Waals surface area contributed by atoms with Gasteiger partial charge in [0.25, 0.3) is 10.0 Å². The van der Waals surface area contributed by atoms with Crippen molar-refractivity contribution in [2.24, 2.45) is 0 Å². The van der Waals surface area contributed by atoms with Crippen molar-refractivity contribution >= 4 is 38.6 Å². The first-order valence-corrected chi connectivity index (χ1v) is 10.8. The number of halogens is 3. The molecule has 2 heterocycles. The van der Waals surface area contributed by atoms with Crippen LogP contribution in [0.1, 0.15) is 18.4 Å². The number of carbonyl (C=O) groups is 1. The summed E-state index contributed by atoms with van der Waals surface area (Å²) in [5, 5.41) is 4.00. The molecule has 2 N–H and O–H groups in total. The number of hydrogen-bond acceptors (Lipinski definition) is 5. The lowest BCUT2D eigenvalue weighted by molar-refractivity contribution is -0.137. The largest absolute Gasteiger partial charge is 0.416 e. The number of nitrogens with one attached hydrogen (secondary N) is 2. The Labute approximate surface area is 164 Å². The molecule has 0 bridgehead atoms. The Kier molecular flexibility index (Phi) is 5.96. The van der Waals surface area contributed by atoms with E-state index in [0.717, 1.165) is 36.3 Å². The number of sulfonamides is 1. The summed E-state index contributed by atoms with van der Waals surface area (Å²) in [4.78, 5) is 14.1. The van der Waals surface area contributed by atoms with E-state index in [0.29, 0.717) is 18.8 Å². The van der Waals surface area contributed by atoms with Crippen LogP contribution < -0.4 is 14.9 Å². The summed E-state index contributed by atoms with van der Waals surface area (Å²) in [6.07, 6.45) is -2.73. The third kappa shape index (κ3) is 4.83. The number of carbonyl (C=O) groups excluding carboxylic acids is 1. The van der Waals surface area contributed by atoms with Crippen LogP contribution in [-0.2, 0) is 21.0 Å². The first-order chi connectivity index (χ1) is 13.2. The Bertz CT molecular complexity index is 938. The van der Waals surface area contributed by atoms with Gasteiger partial charge in [-0.1, -0.05) is 6.07 Å². The number of amides is 1. The molecule has 0 unspecified atom stereocenters. The van der Waals surface area contributed by atoms with Crippen LogP contribution in [0.5, 0.6) is 0 Å². The van der Waals surface area contributed by atoms with Gasteiger partial charge in [0.1, 0.15) is 4.21 Å². The van der Waals surface area contributed by atoms with Crippen LogP contribution in [0.25, 0.3) is 0 Å². The minimum Gasteiger partial charge on any atom is -0.370 e. The van der Waals surface area contributed by atoms with Crippen molar-refractivity contribution in [3.05, 3.63) is 41.3 Å². The maximum atomic E-state index is 13.1. The van der Waals surface area contributed by atoms with Gasteiger partial charge in [0.15, 0.2) is 0 Å². The third-order valence-corrected chi connectivity index (χ3v) is 7.03. The zero-order valence-corrected chi connectivity index (χ0v) is 16.3. The fraction of sp³-hybridized carbons (Fsp3) is 0.353. The predicted molar refractivity (Wildman–Crippen MR) is 101 cm³/mol. The van der Waals surface area contributed by atoms with Crippen molar-refractivity contribution in [2.45, 2.75) is 23.2 Å². The van der Waals surface area contributed by atoms with Crippen LogP contribution >= 0.6 is 11.3 Å². The third-order valence-electron chi connectivity index (χ3n) is 4.23. The summed E-state index contributed by atoms with van der Waals surface area (Å²) in [6, 6.07) is 6.13. The molecule has 152 valence electrons. The standard InChI is InChI=1S/C17H18F3N3O3S2/c18-17(19,20)12-5-6-14(23-7-1-2-8-23)13(10-12)22-15(24)11-21-28(25,26)16-4-3-9-27-16/h3-6,9-10,21H,1-2,7-8,11H2,(H,22,24). The minimum absolute atomic E-state index is 0.0112. The second-order valence-electron chi connectivity index (χ2n) is 6.23. The highest BCUT2D eigenvalue weighted by atomic mass is 32.2. The second kappa shape index (κ2) is 8.10. The first kappa shape index (κ1) is 20.6. The van der Waals surface area contributed by atoms with E-state index in [1.54, 1.807) is 11.4 Å². The van der Waals surface area contributed by atoms with E-state index < -0.39 is 34.2 Å². The molecule has 6 nitrogen and oxygen atoms in total. The van der Waals surface area contributed by atoms with E-state index in [-0.39, 0.29) is 9.90 Å². The summed E-state index contributed by atoms with van der Waals surface area (Å²) < 4.78 is 65.5. The number of benzene rings is 1. The maximum absolute atomic E-state index is 13.1. The van der Waals surface area contributed by atoms with Gasteiger partial charge in [-0.05, 0) is 42.5 Å². The lowest BCUT2D eigenvalue weighted by Crippen LogP contribution is -2.33. The molecule has 0 spiro atoms. The molecule has 3 rings (SSSR count). The van der Waals surface area contributed by atoms with Crippen LogP contribution in [0.4, 0.5) is 24.5 Å². The highest BCUT2D eigenvalue weighted by Gasteiger charge is 2.32. The zero-order chi connectivity index (χ0) is 20.4. The van der Waals surface area contributed by atoms with Crippen molar-refractivity contribution in [3.63, 3.8) is 0 Å². The number of anilines is 2. The fourth-order valence-electron chi connectivity index (χ4n) is 2.89. The Morgan fingerprint density at radius 1 is 1.18 bits per heavy atom. The van der Waals surface area contributed by atoms with Crippen molar-refractivity contribution in [3.8, 4) is 0 Å². The molecule has 28 heavy (non-hydrogen) atoms. The zero-order valence-electron chi connectivity index (χ0n) is 14.6. The molecular formula is C17H18F3N3O3S2. The highest BCUT2D eigenvalue weighted by molar-refractivity contribution is 7.91. The summed E-state index contributed by atoms with van der Waals surface area (Å²) >= 11 is 0.996. The molecule has 1 amide bonds. The van der Waals surface area contributed by atoms with E-state index in [1.807, 2.05) is 4.90 Å². The predicted octanol–water partition coefficient (Wildman–Crippen LogP) is 3.28. The van der Waals surface area contributed by atoms with Crippen LogP contribution in [0.2, 0.25) is 0 Å². The van der Waals surface area contributed by atoms with Crippen LogP contribution in [0.15, 0.2) is 39.9 Å². The molecular weight excluding hydrogens is 415 g/mol. The number of alkyl halides is 3. The molecule has 1 aliphatic heterocycles. The average molecular weight is 433 g/mol. The number of nitrogens with zero attached hydrogens (tertiary/aromatic N) is 1. The molecule has 2 aromatic rings. The second-order valence-corrected chi connectivity index (χ2v) is 9.17. The number of hydrogen-bond donors (Lipinski definition) is 2. The smallest absolute Gasteiger partial charge is 0.370 e. The number of thiophene rings is 1. The first-order valence-electron chi connectivity index (χ1n) is 8.46. The topological polar surface area (TPSA) is 78.5 Å². The summed E-state index contributed by atoms with van der Waals surface area (Å²) in [5.41, 5.74) is -0.387.